The van der Waals surface area contributed by atoms with Gasteiger partial charge in [0.1, 0.15) is 6.10 Å². The molecule has 1 aliphatic rings. The Balaban J connectivity index is 2.13. The number of aliphatic hydroxyl groups is 1. The first-order chi connectivity index (χ1) is 7.31. The molecule has 4 heteroatoms. The minimum atomic E-state index is -0.0279. The molecule has 1 heterocycles. The molecule has 0 unspecified atom stereocenters. The summed E-state index contributed by atoms with van der Waals surface area (Å²) in [4.78, 5) is 4.17. The molecular formula is C11H15NO3. The molecule has 1 aromatic rings. The average molecular weight is 209 g/mol. The fourth-order valence-corrected chi connectivity index (χ4v) is 1.45. The van der Waals surface area contributed by atoms with E-state index < -0.39 is 0 Å². The van der Waals surface area contributed by atoms with Gasteiger partial charge in [0, 0.05) is 12.1 Å². The van der Waals surface area contributed by atoms with Crippen LogP contribution in [0.2, 0.25) is 0 Å². The highest BCUT2D eigenvalue weighted by Gasteiger charge is 2.20. The highest BCUT2D eigenvalue weighted by Crippen LogP contribution is 2.26. The minimum Gasteiger partial charge on any atom is -0.481 e. The Morgan fingerprint density at radius 3 is 2.67 bits per heavy atom. The first kappa shape index (κ1) is 10.2. The molecule has 1 N–H and O–H groups in total. The topological polar surface area (TPSA) is 51.6 Å². The van der Waals surface area contributed by atoms with E-state index in [9.17, 15) is 0 Å². The maximum absolute atomic E-state index is 9.05. The molecule has 0 spiro atoms. The fourth-order valence-electron chi connectivity index (χ4n) is 1.45. The monoisotopic (exact) mass is 209 g/mol. The maximum atomic E-state index is 9.05. The molecule has 0 bridgehead atoms. The summed E-state index contributed by atoms with van der Waals surface area (Å²) < 4.78 is 10.7. The Kier molecular flexibility index (Phi) is 3.06. The Morgan fingerprint density at radius 1 is 1.40 bits per heavy atom. The van der Waals surface area contributed by atoms with Gasteiger partial charge in [0.25, 0.3) is 0 Å². The van der Waals surface area contributed by atoms with Crippen molar-refractivity contribution in [2.75, 3.05) is 7.11 Å². The smallest absolute Gasteiger partial charge is 0.217 e. The molecule has 1 fully saturated rings. The van der Waals surface area contributed by atoms with Crippen LogP contribution in [0, 0.1) is 0 Å². The molecule has 0 aliphatic heterocycles. The zero-order chi connectivity index (χ0) is 10.7. The summed E-state index contributed by atoms with van der Waals surface area (Å²) in [6, 6.07) is 3.45. The van der Waals surface area contributed by atoms with E-state index in [-0.39, 0.29) is 12.7 Å². The first-order valence-electron chi connectivity index (χ1n) is 5.14. The lowest BCUT2D eigenvalue weighted by atomic mass is 9.96. The van der Waals surface area contributed by atoms with Crippen LogP contribution in [0.15, 0.2) is 12.1 Å². The van der Waals surface area contributed by atoms with Gasteiger partial charge in [-0.1, -0.05) is 0 Å². The highest BCUT2D eigenvalue weighted by atomic mass is 16.5. The van der Waals surface area contributed by atoms with Crippen molar-refractivity contribution in [1.29, 1.82) is 0 Å². The van der Waals surface area contributed by atoms with Gasteiger partial charge in [-0.25, -0.2) is 0 Å². The molecule has 1 saturated carbocycles. The van der Waals surface area contributed by atoms with Gasteiger partial charge in [-0.2, -0.15) is 4.98 Å². The first-order valence-corrected chi connectivity index (χ1v) is 5.14. The van der Waals surface area contributed by atoms with Crippen LogP contribution in [0.1, 0.15) is 24.8 Å². The lowest BCUT2D eigenvalue weighted by Crippen LogP contribution is -2.25. The van der Waals surface area contributed by atoms with Gasteiger partial charge < -0.3 is 14.6 Å². The van der Waals surface area contributed by atoms with Gasteiger partial charge >= 0.3 is 0 Å². The van der Waals surface area contributed by atoms with Gasteiger partial charge in [-0.3, -0.25) is 0 Å². The summed E-state index contributed by atoms with van der Waals surface area (Å²) in [5.41, 5.74) is 0.760. The SMILES string of the molecule is COc1cc(CO)cc(OC2CCC2)n1. The summed E-state index contributed by atoms with van der Waals surface area (Å²) in [6.07, 6.45) is 3.69. The molecule has 0 atom stereocenters. The van der Waals surface area contributed by atoms with Crippen molar-refractivity contribution in [3.05, 3.63) is 17.7 Å². The van der Waals surface area contributed by atoms with E-state index in [0.717, 1.165) is 18.4 Å². The summed E-state index contributed by atoms with van der Waals surface area (Å²) in [5.74, 6) is 1.03. The van der Waals surface area contributed by atoms with Crippen molar-refractivity contribution in [2.24, 2.45) is 0 Å². The second-order valence-corrected chi connectivity index (χ2v) is 3.68. The lowest BCUT2D eigenvalue weighted by molar-refractivity contribution is 0.113. The Morgan fingerprint density at radius 2 is 2.13 bits per heavy atom. The van der Waals surface area contributed by atoms with Crippen LogP contribution < -0.4 is 9.47 Å². The minimum absolute atomic E-state index is 0.0279. The Hall–Kier alpha value is -1.29. The second-order valence-electron chi connectivity index (χ2n) is 3.68. The largest absolute Gasteiger partial charge is 0.481 e. The van der Waals surface area contributed by atoms with Gasteiger partial charge in [0.2, 0.25) is 11.8 Å². The van der Waals surface area contributed by atoms with E-state index in [1.54, 1.807) is 19.2 Å². The van der Waals surface area contributed by atoms with Crippen molar-refractivity contribution in [2.45, 2.75) is 32.0 Å². The maximum Gasteiger partial charge on any atom is 0.217 e. The highest BCUT2D eigenvalue weighted by molar-refractivity contribution is 5.28. The van der Waals surface area contributed by atoms with Gasteiger partial charge in [-0.05, 0) is 24.8 Å². The molecule has 2 rings (SSSR count). The molecule has 15 heavy (non-hydrogen) atoms. The van der Waals surface area contributed by atoms with E-state index in [1.165, 1.54) is 6.42 Å². The van der Waals surface area contributed by atoms with Crippen molar-refractivity contribution >= 4 is 0 Å². The van der Waals surface area contributed by atoms with Crippen LogP contribution in [0.25, 0.3) is 0 Å². The number of hydrogen-bond donors (Lipinski definition) is 1. The number of rotatable bonds is 4. The molecule has 0 saturated heterocycles. The molecular weight excluding hydrogens is 194 g/mol. The van der Waals surface area contributed by atoms with Crippen LogP contribution >= 0.6 is 0 Å². The van der Waals surface area contributed by atoms with Crippen molar-refractivity contribution < 1.29 is 14.6 Å². The zero-order valence-electron chi connectivity index (χ0n) is 8.77. The predicted molar refractivity (Wildman–Crippen MR) is 55.0 cm³/mol. The Labute approximate surface area is 88.9 Å². The number of hydrogen-bond acceptors (Lipinski definition) is 4. The van der Waals surface area contributed by atoms with Crippen molar-refractivity contribution in [3.63, 3.8) is 0 Å². The van der Waals surface area contributed by atoms with E-state index in [2.05, 4.69) is 4.98 Å². The van der Waals surface area contributed by atoms with Crippen molar-refractivity contribution in [1.82, 2.24) is 4.98 Å². The van der Waals surface area contributed by atoms with Crippen LogP contribution in [0.4, 0.5) is 0 Å². The third-order valence-corrected chi connectivity index (χ3v) is 2.57. The third kappa shape index (κ3) is 2.39. The van der Waals surface area contributed by atoms with Crippen LogP contribution in [-0.4, -0.2) is 23.3 Å². The lowest BCUT2D eigenvalue weighted by Gasteiger charge is -2.25. The zero-order valence-corrected chi connectivity index (χ0v) is 8.77. The average Bonchev–Trinajstić information content (AvgIpc) is 2.23. The number of aromatic nitrogens is 1. The van der Waals surface area contributed by atoms with E-state index >= 15 is 0 Å². The number of pyridine rings is 1. The van der Waals surface area contributed by atoms with E-state index in [4.69, 9.17) is 14.6 Å². The van der Waals surface area contributed by atoms with Gasteiger partial charge in [-0.15, -0.1) is 0 Å². The number of nitrogens with zero attached hydrogens (tertiary/aromatic N) is 1. The fraction of sp³-hybridized carbons (Fsp3) is 0.545. The number of aliphatic hydroxyl groups excluding tert-OH is 1. The predicted octanol–water partition coefficient (Wildman–Crippen LogP) is 1.51. The molecule has 0 radical (unpaired) electrons. The van der Waals surface area contributed by atoms with Gasteiger partial charge in [0.05, 0.1) is 13.7 Å². The second kappa shape index (κ2) is 4.49. The molecule has 0 aromatic carbocycles. The molecule has 4 nitrogen and oxygen atoms in total. The molecule has 82 valence electrons. The number of ether oxygens (including phenoxy) is 2. The normalized spacial score (nSPS) is 15.9. The summed E-state index contributed by atoms with van der Waals surface area (Å²) in [6.45, 7) is -0.0279. The van der Waals surface area contributed by atoms with E-state index in [1.807, 2.05) is 0 Å². The Bertz CT molecular complexity index is 314. The van der Waals surface area contributed by atoms with Crippen molar-refractivity contribution in [3.8, 4) is 11.8 Å². The molecule has 1 aromatic heterocycles. The summed E-state index contributed by atoms with van der Waals surface area (Å²) >= 11 is 0. The number of methoxy groups -OCH3 is 1. The van der Waals surface area contributed by atoms with Crippen LogP contribution in [0.5, 0.6) is 11.8 Å². The van der Waals surface area contributed by atoms with Gasteiger partial charge in [0.15, 0.2) is 0 Å². The third-order valence-electron chi connectivity index (χ3n) is 2.57. The standard InChI is InChI=1S/C11H15NO3/c1-14-10-5-8(7-13)6-11(12-10)15-9-3-2-4-9/h5-6,9,13H,2-4,7H2,1H3. The molecule has 0 amide bonds. The quantitative estimate of drug-likeness (QED) is 0.816. The molecule has 1 aliphatic carbocycles. The van der Waals surface area contributed by atoms with Crippen LogP contribution in [-0.2, 0) is 6.61 Å². The summed E-state index contributed by atoms with van der Waals surface area (Å²) in [7, 11) is 1.55. The van der Waals surface area contributed by atoms with E-state index in [0.29, 0.717) is 11.8 Å². The summed E-state index contributed by atoms with van der Waals surface area (Å²) in [5, 5.41) is 9.05. The van der Waals surface area contributed by atoms with Crippen LogP contribution in [0.3, 0.4) is 0 Å².